The number of nitriles is 1. The van der Waals surface area contributed by atoms with E-state index in [1.54, 1.807) is 6.07 Å². The van der Waals surface area contributed by atoms with E-state index in [1.807, 2.05) is 17.9 Å². The smallest absolute Gasteiger partial charge is 0.270 e. The van der Waals surface area contributed by atoms with E-state index in [0.29, 0.717) is 12.2 Å². The molecule has 1 fully saturated rings. The van der Waals surface area contributed by atoms with E-state index in [0.717, 1.165) is 32.2 Å². The largest absolute Gasteiger partial charge is 0.370 e. The van der Waals surface area contributed by atoms with Gasteiger partial charge in [-0.15, -0.1) is 0 Å². The monoisotopic (exact) mass is 344 g/mol. The number of hydrogen-bond acceptors (Lipinski definition) is 5. The standard InChI is InChI=1S/C18H24N4O3/c1-3-5-13(2)20-18(23)14-6-4-9-21(12-14)17-8-7-16(22(24)25)10-15(17)11-19/h7-8,10,13-14H,3-6,9,12H2,1-2H3,(H,20,23). The summed E-state index contributed by atoms with van der Waals surface area (Å²) in [5.41, 5.74) is 0.835. The van der Waals surface area contributed by atoms with Crippen molar-refractivity contribution in [3.63, 3.8) is 0 Å². The van der Waals surface area contributed by atoms with Gasteiger partial charge in [0.2, 0.25) is 5.91 Å². The van der Waals surface area contributed by atoms with E-state index in [4.69, 9.17) is 0 Å². The lowest BCUT2D eigenvalue weighted by molar-refractivity contribution is -0.384. The first-order valence-electron chi connectivity index (χ1n) is 8.70. The van der Waals surface area contributed by atoms with Crippen molar-refractivity contribution in [1.82, 2.24) is 5.32 Å². The zero-order valence-corrected chi connectivity index (χ0v) is 14.7. The number of hydrogen-bond donors (Lipinski definition) is 1. The summed E-state index contributed by atoms with van der Waals surface area (Å²) in [6, 6.07) is 6.50. The fourth-order valence-electron chi connectivity index (χ4n) is 3.28. The van der Waals surface area contributed by atoms with Crippen LogP contribution < -0.4 is 10.2 Å². The number of nitrogens with zero attached hydrogens (tertiary/aromatic N) is 3. The van der Waals surface area contributed by atoms with Crippen LogP contribution in [0.4, 0.5) is 11.4 Å². The number of anilines is 1. The van der Waals surface area contributed by atoms with E-state index in [9.17, 15) is 20.2 Å². The first kappa shape index (κ1) is 18.7. The van der Waals surface area contributed by atoms with Crippen molar-refractivity contribution in [3.8, 4) is 6.07 Å². The van der Waals surface area contributed by atoms with E-state index in [-0.39, 0.29) is 29.1 Å². The Morgan fingerprint density at radius 2 is 2.32 bits per heavy atom. The Hall–Kier alpha value is -2.62. The van der Waals surface area contributed by atoms with Gasteiger partial charge >= 0.3 is 0 Å². The number of benzene rings is 1. The van der Waals surface area contributed by atoms with Gasteiger partial charge in [-0.1, -0.05) is 13.3 Å². The zero-order valence-electron chi connectivity index (χ0n) is 14.7. The molecule has 2 atom stereocenters. The second-order valence-corrected chi connectivity index (χ2v) is 6.55. The van der Waals surface area contributed by atoms with Crippen LogP contribution >= 0.6 is 0 Å². The first-order valence-corrected chi connectivity index (χ1v) is 8.70. The summed E-state index contributed by atoms with van der Waals surface area (Å²) in [7, 11) is 0. The predicted molar refractivity (Wildman–Crippen MR) is 95.3 cm³/mol. The minimum Gasteiger partial charge on any atom is -0.370 e. The van der Waals surface area contributed by atoms with Crippen molar-refractivity contribution < 1.29 is 9.72 Å². The van der Waals surface area contributed by atoms with E-state index in [2.05, 4.69) is 12.2 Å². The van der Waals surface area contributed by atoms with Crippen LogP contribution in [0.3, 0.4) is 0 Å². The van der Waals surface area contributed by atoms with Crippen LogP contribution in [0.2, 0.25) is 0 Å². The van der Waals surface area contributed by atoms with Gasteiger partial charge in [0.05, 0.1) is 22.1 Å². The molecule has 1 aliphatic heterocycles. The molecule has 2 rings (SSSR count). The average molecular weight is 344 g/mol. The quantitative estimate of drug-likeness (QED) is 0.632. The van der Waals surface area contributed by atoms with Gasteiger partial charge in [0, 0.05) is 31.3 Å². The minimum atomic E-state index is -0.508. The van der Waals surface area contributed by atoms with E-state index < -0.39 is 4.92 Å². The molecule has 0 radical (unpaired) electrons. The summed E-state index contributed by atoms with van der Waals surface area (Å²) in [6.45, 7) is 5.35. The summed E-state index contributed by atoms with van der Waals surface area (Å²) in [5.74, 6) is -0.0825. The molecule has 0 bridgehead atoms. The van der Waals surface area contributed by atoms with Crippen molar-refractivity contribution >= 4 is 17.3 Å². The van der Waals surface area contributed by atoms with Crippen LogP contribution in [-0.4, -0.2) is 30.0 Å². The van der Waals surface area contributed by atoms with Gasteiger partial charge in [-0.25, -0.2) is 0 Å². The highest BCUT2D eigenvalue weighted by Gasteiger charge is 2.28. The van der Waals surface area contributed by atoms with E-state index >= 15 is 0 Å². The molecule has 7 nitrogen and oxygen atoms in total. The van der Waals surface area contributed by atoms with Gasteiger partial charge in [-0.2, -0.15) is 5.26 Å². The molecule has 0 spiro atoms. The summed E-state index contributed by atoms with van der Waals surface area (Å²) >= 11 is 0. The highest BCUT2D eigenvalue weighted by atomic mass is 16.6. The number of amides is 1. The van der Waals surface area contributed by atoms with Gasteiger partial charge in [0.1, 0.15) is 6.07 Å². The topological polar surface area (TPSA) is 99.3 Å². The SMILES string of the molecule is CCCC(C)NC(=O)C1CCCN(c2ccc([N+](=O)[O-])cc2C#N)C1. The molecular weight excluding hydrogens is 320 g/mol. The molecule has 1 aromatic carbocycles. The summed E-state index contributed by atoms with van der Waals surface area (Å²) < 4.78 is 0. The number of carbonyl (C=O) groups excluding carboxylic acids is 1. The Morgan fingerprint density at radius 3 is 2.96 bits per heavy atom. The molecule has 1 heterocycles. The molecule has 134 valence electrons. The van der Waals surface area contributed by atoms with Crippen molar-refractivity contribution in [3.05, 3.63) is 33.9 Å². The second kappa shape index (κ2) is 8.47. The number of nitrogens with one attached hydrogen (secondary N) is 1. The lowest BCUT2D eigenvalue weighted by Crippen LogP contribution is -2.45. The van der Waals surface area contributed by atoms with Crippen LogP contribution in [-0.2, 0) is 4.79 Å². The van der Waals surface area contributed by atoms with Crippen LogP contribution in [0.1, 0.15) is 45.1 Å². The van der Waals surface area contributed by atoms with Crippen LogP contribution in [0, 0.1) is 27.4 Å². The Bertz CT molecular complexity index is 683. The number of nitro groups is 1. The van der Waals surface area contributed by atoms with Crippen LogP contribution in [0.25, 0.3) is 0 Å². The molecule has 1 saturated heterocycles. The fraction of sp³-hybridized carbons (Fsp3) is 0.556. The molecule has 0 aliphatic carbocycles. The number of rotatable bonds is 6. The maximum absolute atomic E-state index is 12.5. The molecule has 0 saturated carbocycles. The molecule has 1 amide bonds. The third kappa shape index (κ3) is 4.69. The Labute approximate surface area is 147 Å². The minimum absolute atomic E-state index is 0.0473. The van der Waals surface area contributed by atoms with Gasteiger partial charge in [0.15, 0.2) is 0 Å². The predicted octanol–water partition coefficient (Wildman–Crippen LogP) is 2.99. The summed E-state index contributed by atoms with van der Waals surface area (Å²) in [4.78, 5) is 24.8. The summed E-state index contributed by atoms with van der Waals surface area (Å²) in [5, 5.41) is 23.3. The molecule has 1 aromatic rings. The van der Waals surface area contributed by atoms with Crippen molar-refractivity contribution in [2.75, 3.05) is 18.0 Å². The third-order valence-corrected chi connectivity index (χ3v) is 4.55. The zero-order chi connectivity index (χ0) is 18.4. The number of nitro benzene ring substituents is 1. The lowest BCUT2D eigenvalue weighted by atomic mass is 9.95. The fourth-order valence-corrected chi connectivity index (χ4v) is 3.28. The van der Waals surface area contributed by atoms with Crippen molar-refractivity contribution in [2.24, 2.45) is 5.92 Å². The van der Waals surface area contributed by atoms with Gasteiger partial charge in [0.25, 0.3) is 5.69 Å². The Morgan fingerprint density at radius 1 is 1.56 bits per heavy atom. The average Bonchev–Trinajstić information content (AvgIpc) is 2.61. The Kier molecular flexibility index (Phi) is 6.34. The van der Waals surface area contributed by atoms with Crippen LogP contribution in [0.5, 0.6) is 0 Å². The van der Waals surface area contributed by atoms with Crippen molar-refractivity contribution in [2.45, 2.75) is 45.6 Å². The molecule has 7 heteroatoms. The van der Waals surface area contributed by atoms with Gasteiger partial charge in [-0.05, 0) is 32.3 Å². The second-order valence-electron chi connectivity index (χ2n) is 6.55. The Balaban J connectivity index is 2.12. The number of carbonyl (C=O) groups is 1. The number of piperidine rings is 1. The molecular formula is C18H24N4O3. The van der Waals surface area contributed by atoms with Gasteiger partial charge < -0.3 is 10.2 Å². The van der Waals surface area contributed by atoms with Crippen molar-refractivity contribution in [1.29, 1.82) is 5.26 Å². The maximum Gasteiger partial charge on any atom is 0.270 e. The maximum atomic E-state index is 12.5. The normalized spacial score (nSPS) is 18.3. The highest BCUT2D eigenvalue weighted by Crippen LogP contribution is 2.29. The molecule has 25 heavy (non-hydrogen) atoms. The van der Waals surface area contributed by atoms with E-state index in [1.165, 1.54) is 12.1 Å². The molecule has 1 aliphatic rings. The summed E-state index contributed by atoms with van der Waals surface area (Å²) in [6.07, 6.45) is 3.63. The first-order chi connectivity index (χ1) is 12.0. The highest BCUT2D eigenvalue weighted by molar-refractivity contribution is 5.80. The third-order valence-electron chi connectivity index (χ3n) is 4.55. The molecule has 1 N–H and O–H groups in total. The lowest BCUT2D eigenvalue weighted by Gasteiger charge is -2.34. The van der Waals surface area contributed by atoms with Gasteiger partial charge in [-0.3, -0.25) is 14.9 Å². The molecule has 0 aromatic heterocycles. The number of non-ortho nitro benzene ring substituents is 1. The molecule has 2 unspecified atom stereocenters. The van der Waals surface area contributed by atoms with Crippen LogP contribution in [0.15, 0.2) is 18.2 Å².